The summed E-state index contributed by atoms with van der Waals surface area (Å²) in [6.07, 6.45) is -1.55. The minimum Gasteiger partial charge on any atom is -0.479 e. The number of carbonyl (C=O) groups is 3. The standard InChI is InChI=1S/C28H27NO5/c30-24(21-14-8-3-9-15-21)17-22-25(26(31)28(33)34)23(16-19-10-4-1-5-11-19)29(27(22)32)18-20-12-6-2-7-13-20/h1-15,22-23,25-26,31H,16-18H2,(H,33,34)/t22-,23+,25-,26-/m1/s1. The zero-order chi connectivity index (χ0) is 24.1. The number of aliphatic hydroxyl groups excluding tert-OH is 1. The molecule has 0 radical (unpaired) electrons. The summed E-state index contributed by atoms with van der Waals surface area (Å²) in [6.45, 7) is 0.274. The van der Waals surface area contributed by atoms with Crippen molar-refractivity contribution in [2.75, 3.05) is 0 Å². The molecule has 4 atom stereocenters. The molecular formula is C28H27NO5. The van der Waals surface area contributed by atoms with Crippen LogP contribution in [0.25, 0.3) is 0 Å². The molecule has 3 aromatic carbocycles. The summed E-state index contributed by atoms with van der Waals surface area (Å²) < 4.78 is 0. The number of aliphatic carboxylic acids is 1. The van der Waals surface area contributed by atoms with Gasteiger partial charge >= 0.3 is 5.97 Å². The highest BCUT2D eigenvalue weighted by Crippen LogP contribution is 2.39. The SMILES string of the molecule is O=C(C[C@H]1C(=O)N(Cc2ccccc2)[C@@H](Cc2ccccc2)[C@@H]1[C@@H](O)C(=O)O)c1ccccc1. The second kappa shape index (κ2) is 10.4. The number of carboxylic acids is 1. The van der Waals surface area contributed by atoms with Crippen molar-refractivity contribution in [1.29, 1.82) is 0 Å². The van der Waals surface area contributed by atoms with Crippen LogP contribution in [-0.4, -0.2) is 44.9 Å². The molecule has 0 aliphatic carbocycles. The zero-order valence-corrected chi connectivity index (χ0v) is 18.7. The van der Waals surface area contributed by atoms with Gasteiger partial charge in [-0.3, -0.25) is 9.59 Å². The van der Waals surface area contributed by atoms with Gasteiger partial charge in [-0.25, -0.2) is 4.79 Å². The van der Waals surface area contributed by atoms with Gasteiger partial charge in [-0.15, -0.1) is 0 Å². The quantitative estimate of drug-likeness (QED) is 0.479. The van der Waals surface area contributed by atoms with Crippen molar-refractivity contribution in [2.45, 2.75) is 31.5 Å². The first kappa shape index (κ1) is 23.4. The van der Waals surface area contributed by atoms with Gasteiger partial charge in [0.05, 0.1) is 5.92 Å². The maximum Gasteiger partial charge on any atom is 0.332 e. The largest absolute Gasteiger partial charge is 0.479 e. The van der Waals surface area contributed by atoms with E-state index >= 15 is 0 Å². The molecular weight excluding hydrogens is 430 g/mol. The van der Waals surface area contributed by atoms with E-state index in [4.69, 9.17) is 0 Å². The van der Waals surface area contributed by atoms with E-state index < -0.39 is 30.0 Å². The molecule has 174 valence electrons. The average molecular weight is 458 g/mol. The van der Waals surface area contributed by atoms with Crippen molar-refractivity contribution in [2.24, 2.45) is 11.8 Å². The Morgan fingerprint density at radius 3 is 1.91 bits per heavy atom. The third kappa shape index (κ3) is 5.07. The number of Topliss-reactive ketones (excluding diaryl/α,β-unsaturated/α-hetero) is 1. The van der Waals surface area contributed by atoms with Crippen LogP contribution in [0.1, 0.15) is 27.9 Å². The molecule has 0 saturated carbocycles. The molecule has 1 heterocycles. The molecule has 4 rings (SSSR count). The Bertz CT molecular complexity index is 1130. The molecule has 0 spiro atoms. The number of likely N-dealkylation sites (tertiary alicyclic amines) is 1. The van der Waals surface area contributed by atoms with E-state index in [2.05, 4.69) is 0 Å². The van der Waals surface area contributed by atoms with Crippen LogP contribution in [0.4, 0.5) is 0 Å². The summed E-state index contributed by atoms with van der Waals surface area (Å²) in [6, 6.07) is 27.0. The van der Waals surface area contributed by atoms with Gasteiger partial charge in [0.2, 0.25) is 5.91 Å². The van der Waals surface area contributed by atoms with Crippen LogP contribution in [0, 0.1) is 11.8 Å². The Morgan fingerprint density at radius 2 is 1.35 bits per heavy atom. The summed E-state index contributed by atoms with van der Waals surface area (Å²) in [5.41, 5.74) is 2.28. The summed E-state index contributed by atoms with van der Waals surface area (Å²) in [5, 5.41) is 20.4. The Hall–Kier alpha value is -3.77. The summed E-state index contributed by atoms with van der Waals surface area (Å²) in [4.78, 5) is 40.2. The Labute approximate surface area is 198 Å². The summed E-state index contributed by atoms with van der Waals surface area (Å²) in [7, 11) is 0. The number of ketones is 1. The molecule has 1 aliphatic heterocycles. The lowest BCUT2D eigenvalue weighted by Gasteiger charge is -2.30. The monoisotopic (exact) mass is 457 g/mol. The van der Waals surface area contributed by atoms with Crippen molar-refractivity contribution in [3.63, 3.8) is 0 Å². The van der Waals surface area contributed by atoms with Crippen molar-refractivity contribution in [3.05, 3.63) is 108 Å². The molecule has 1 fully saturated rings. The Balaban J connectivity index is 1.71. The van der Waals surface area contributed by atoms with Crippen LogP contribution in [0.3, 0.4) is 0 Å². The lowest BCUT2D eigenvalue weighted by atomic mass is 9.80. The number of aliphatic hydroxyl groups is 1. The van der Waals surface area contributed by atoms with E-state index in [1.165, 1.54) is 0 Å². The highest BCUT2D eigenvalue weighted by atomic mass is 16.4. The van der Waals surface area contributed by atoms with Gasteiger partial charge in [0.15, 0.2) is 11.9 Å². The first-order valence-corrected chi connectivity index (χ1v) is 11.3. The molecule has 34 heavy (non-hydrogen) atoms. The molecule has 1 saturated heterocycles. The predicted octanol–water partition coefficient (Wildman–Crippen LogP) is 3.59. The molecule has 0 unspecified atom stereocenters. The highest BCUT2D eigenvalue weighted by Gasteiger charge is 2.52. The molecule has 0 bridgehead atoms. The fourth-order valence-electron chi connectivity index (χ4n) is 4.85. The third-order valence-corrected chi connectivity index (χ3v) is 6.51. The van der Waals surface area contributed by atoms with Gasteiger partial charge in [0.1, 0.15) is 0 Å². The van der Waals surface area contributed by atoms with E-state index in [1.54, 1.807) is 35.2 Å². The molecule has 1 aliphatic rings. The second-order valence-corrected chi connectivity index (χ2v) is 8.67. The van der Waals surface area contributed by atoms with Crippen LogP contribution in [-0.2, 0) is 22.6 Å². The van der Waals surface area contributed by atoms with Gasteiger partial charge < -0.3 is 15.1 Å². The Morgan fingerprint density at radius 1 is 0.824 bits per heavy atom. The Kier molecular flexibility index (Phi) is 7.18. The minimum absolute atomic E-state index is 0.158. The van der Waals surface area contributed by atoms with Crippen LogP contribution in [0.2, 0.25) is 0 Å². The summed E-state index contributed by atoms with van der Waals surface area (Å²) >= 11 is 0. The van der Waals surface area contributed by atoms with Crippen LogP contribution < -0.4 is 0 Å². The molecule has 6 nitrogen and oxygen atoms in total. The smallest absolute Gasteiger partial charge is 0.332 e. The van der Waals surface area contributed by atoms with Crippen molar-refractivity contribution >= 4 is 17.7 Å². The number of hydrogen-bond donors (Lipinski definition) is 2. The number of carbonyl (C=O) groups excluding carboxylic acids is 2. The lowest BCUT2D eigenvalue weighted by Crippen LogP contribution is -2.43. The topological polar surface area (TPSA) is 94.9 Å². The van der Waals surface area contributed by atoms with Gasteiger partial charge in [-0.2, -0.15) is 0 Å². The first-order chi connectivity index (χ1) is 16.5. The predicted molar refractivity (Wildman–Crippen MR) is 127 cm³/mol. The van der Waals surface area contributed by atoms with E-state index in [9.17, 15) is 24.6 Å². The van der Waals surface area contributed by atoms with Gasteiger partial charge in [0, 0.05) is 30.5 Å². The van der Waals surface area contributed by atoms with E-state index in [0.717, 1.165) is 11.1 Å². The lowest BCUT2D eigenvalue weighted by molar-refractivity contribution is -0.151. The molecule has 6 heteroatoms. The number of amides is 1. The fraction of sp³-hybridized carbons (Fsp3) is 0.250. The van der Waals surface area contributed by atoms with Crippen LogP contribution >= 0.6 is 0 Å². The molecule has 1 amide bonds. The van der Waals surface area contributed by atoms with Crippen molar-refractivity contribution in [1.82, 2.24) is 4.90 Å². The van der Waals surface area contributed by atoms with Crippen LogP contribution in [0.15, 0.2) is 91.0 Å². The average Bonchev–Trinajstić information content (AvgIpc) is 3.10. The van der Waals surface area contributed by atoms with Crippen molar-refractivity contribution in [3.8, 4) is 0 Å². The number of hydrogen-bond acceptors (Lipinski definition) is 4. The van der Waals surface area contributed by atoms with Gasteiger partial charge in [-0.05, 0) is 17.5 Å². The highest BCUT2D eigenvalue weighted by molar-refractivity contribution is 5.99. The van der Waals surface area contributed by atoms with E-state index in [0.29, 0.717) is 12.0 Å². The number of benzene rings is 3. The van der Waals surface area contributed by atoms with E-state index in [1.807, 2.05) is 60.7 Å². The zero-order valence-electron chi connectivity index (χ0n) is 18.7. The summed E-state index contributed by atoms with van der Waals surface area (Å²) in [5.74, 6) is -3.81. The first-order valence-electron chi connectivity index (χ1n) is 11.3. The van der Waals surface area contributed by atoms with Crippen LogP contribution in [0.5, 0.6) is 0 Å². The fourth-order valence-corrected chi connectivity index (χ4v) is 4.85. The molecule has 3 aromatic rings. The normalized spacial score (nSPS) is 20.8. The molecule has 2 N–H and O–H groups in total. The second-order valence-electron chi connectivity index (χ2n) is 8.67. The van der Waals surface area contributed by atoms with Gasteiger partial charge in [0.25, 0.3) is 0 Å². The van der Waals surface area contributed by atoms with Crippen molar-refractivity contribution < 1.29 is 24.6 Å². The number of nitrogens with zero attached hydrogens (tertiary/aromatic N) is 1. The number of rotatable bonds is 9. The number of carboxylic acid groups (broad SMARTS) is 1. The van der Waals surface area contributed by atoms with E-state index in [-0.39, 0.29) is 24.7 Å². The molecule has 0 aromatic heterocycles. The maximum atomic E-state index is 13.7. The third-order valence-electron chi connectivity index (χ3n) is 6.51. The maximum absolute atomic E-state index is 13.7. The minimum atomic E-state index is -1.77. The van der Waals surface area contributed by atoms with Gasteiger partial charge in [-0.1, -0.05) is 91.0 Å².